The van der Waals surface area contributed by atoms with Gasteiger partial charge in [0.15, 0.2) is 0 Å². The molecule has 0 fully saturated rings. The van der Waals surface area contributed by atoms with Crippen LogP contribution in [0.3, 0.4) is 0 Å². The topological polar surface area (TPSA) is 40.0 Å². The second-order valence-corrected chi connectivity index (χ2v) is 6.21. The zero-order chi connectivity index (χ0) is 15.9. The monoisotopic (exact) mass is 314 g/mol. The fraction of sp³-hybridized carbons (Fsp3) is 0.200. The van der Waals surface area contributed by atoms with E-state index in [1.54, 1.807) is 0 Å². The first kappa shape index (κ1) is 13.5. The standard InChI is InChI=1S/C20H18N4/c1-2-6-14(7-3-1)19-23-18-15-8-4-5-9-17(15)21-11-10-16(18)20-22-12-13-24(19)20/h1-9,21H,10-13H2. The molecular formula is C20H18N4. The molecule has 0 radical (unpaired) electrons. The highest BCUT2D eigenvalue weighted by molar-refractivity contribution is 6.22. The first-order chi connectivity index (χ1) is 11.9. The maximum Gasteiger partial charge on any atom is 0.142 e. The van der Waals surface area contributed by atoms with Gasteiger partial charge in [0.25, 0.3) is 0 Å². The van der Waals surface area contributed by atoms with Crippen molar-refractivity contribution in [3.8, 4) is 0 Å². The summed E-state index contributed by atoms with van der Waals surface area (Å²) in [4.78, 5) is 12.2. The van der Waals surface area contributed by atoms with Gasteiger partial charge in [-0.25, -0.2) is 4.99 Å². The maximum atomic E-state index is 5.12. The Balaban J connectivity index is 1.75. The van der Waals surface area contributed by atoms with Crippen molar-refractivity contribution in [1.82, 2.24) is 4.90 Å². The summed E-state index contributed by atoms with van der Waals surface area (Å²) < 4.78 is 0. The average molecular weight is 314 g/mol. The van der Waals surface area contributed by atoms with Crippen LogP contribution < -0.4 is 5.32 Å². The number of nitrogens with one attached hydrogen (secondary N) is 1. The number of benzene rings is 2. The molecule has 0 amide bonds. The summed E-state index contributed by atoms with van der Waals surface area (Å²) in [5.74, 6) is 2.12. The number of hydrogen-bond donors (Lipinski definition) is 1. The molecular weight excluding hydrogens is 296 g/mol. The molecule has 3 aliphatic heterocycles. The maximum absolute atomic E-state index is 5.12. The van der Waals surface area contributed by atoms with E-state index in [0.29, 0.717) is 0 Å². The number of hydrogen-bond acceptors (Lipinski definition) is 4. The summed E-state index contributed by atoms with van der Waals surface area (Å²) in [6.45, 7) is 2.67. The predicted molar refractivity (Wildman–Crippen MR) is 98.5 cm³/mol. The van der Waals surface area contributed by atoms with Crippen LogP contribution in [-0.2, 0) is 0 Å². The van der Waals surface area contributed by atoms with Gasteiger partial charge < -0.3 is 10.2 Å². The highest BCUT2D eigenvalue weighted by Crippen LogP contribution is 2.37. The lowest BCUT2D eigenvalue weighted by Gasteiger charge is -2.29. The summed E-state index contributed by atoms with van der Waals surface area (Å²) >= 11 is 0. The van der Waals surface area contributed by atoms with Crippen LogP contribution in [0.1, 0.15) is 17.5 Å². The predicted octanol–water partition coefficient (Wildman–Crippen LogP) is 3.39. The van der Waals surface area contributed by atoms with Crippen LogP contribution in [0.2, 0.25) is 0 Å². The van der Waals surface area contributed by atoms with Gasteiger partial charge in [-0.05, 0) is 12.5 Å². The van der Waals surface area contributed by atoms with E-state index < -0.39 is 0 Å². The lowest BCUT2D eigenvalue weighted by atomic mass is 10.00. The lowest BCUT2D eigenvalue weighted by molar-refractivity contribution is 0.659. The second kappa shape index (κ2) is 5.34. The third-order valence-electron chi connectivity index (χ3n) is 4.77. The highest BCUT2D eigenvalue weighted by Gasteiger charge is 2.33. The minimum atomic E-state index is 0.840. The molecule has 0 aromatic heterocycles. The van der Waals surface area contributed by atoms with E-state index in [2.05, 4.69) is 58.7 Å². The van der Waals surface area contributed by atoms with Crippen molar-refractivity contribution in [2.45, 2.75) is 6.42 Å². The van der Waals surface area contributed by atoms with Crippen molar-refractivity contribution in [2.75, 3.05) is 25.0 Å². The first-order valence-corrected chi connectivity index (χ1v) is 8.45. The Hall–Kier alpha value is -2.88. The Morgan fingerprint density at radius 3 is 2.67 bits per heavy atom. The largest absolute Gasteiger partial charge is 0.384 e. The number of amidine groups is 2. The normalized spacial score (nSPS) is 18.8. The summed E-state index contributed by atoms with van der Waals surface area (Å²) in [5.41, 5.74) is 5.82. The van der Waals surface area contributed by atoms with Crippen molar-refractivity contribution in [1.29, 1.82) is 0 Å². The Labute approximate surface area is 141 Å². The minimum absolute atomic E-state index is 0.840. The molecule has 0 saturated heterocycles. The molecule has 0 bridgehead atoms. The molecule has 3 heterocycles. The Kier molecular flexibility index (Phi) is 3.01. The summed E-state index contributed by atoms with van der Waals surface area (Å²) in [5, 5.41) is 3.53. The van der Waals surface area contributed by atoms with E-state index in [4.69, 9.17) is 9.98 Å². The zero-order valence-electron chi connectivity index (χ0n) is 13.4. The van der Waals surface area contributed by atoms with Gasteiger partial charge in [-0.15, -0.1) is 0 Å². The van der Waals surface area contributed by atoms with E-state index in [1.807, 2.05) is 6.07 Å². The molecule has 4 nitrogen and oxygen atoms in total. The van der Waals surface area contributed by atoms with Crippen LogP contribution in [0.15, 0.2) is 70.2 Å². The molecule has 3 aliphatic rings. The van der Waals surface area contributed by atoms with Crippen molar-refractivity contribution in [2.24, 2.45) is 9.98 Å². The number of anilines is 1. The molecule has 118 valence electrons. The van der Waals surface area contributed by atoms with Crippen molar-refractivity contribution < 1.29 is 0 Å². The zero-order valence-corrected chi connectivity index (χ0v) is 13.4. The molecule has 24 heavy (non-hydrogen) atoms. The van der Waals surface area contributed by atoms with Gasteiger partial charge in [0.05, 0.1) is 12.2 Å². The smallest absolute Gasteiger partial charge is 0.142 e. The molecule has 4 heteroatoms. The molecule has 5 rings (SSSR count). The number of aliphatic imine (C=N–C) groups is 2. The fourth-order valence-electron chi connectivity index (χ4n) is 3.68. The Morgan fingerprint density at radius 2 is 1.75 bits per heavy atom. The van der Waals surface area contributed by atoms with Gasteiger partial charge >= 0.3 is 0 Å². The van der Waals surface area contributed by atoms with Gasteiger partial charge in [0, 0.05) is 35.5 Å². The third kappa shape index (κ3) is 1.99. The minimum Gasteiger partial charge on any atom is -0.384 e. The molecule has 2 aromatic rings. The van der Waals surface area contributed by atoms with Gasteiger partial charge in [-0.3, -0.25) is 4.99 Å². The fourth-order valence-corrected chi connectivity index (χ4v) is 3.68. The molecule has 1 N–H and O–H groups in total. The molecule has 0 atom stereocenters. The van der Waals surface area contributed by atoms with Gasteiger partial charge in [0.2, 0.25) is 0 Å². The van der Waals surface area contributed by atoms with Crippen molar-refractivity contribution >= 4 is 23.1 Å². The average Bonchev–Trinajstić information content (AvgIpc) is 3.05. The summed E-state index contributed by atoms with van der Waals surface area (Å²) in [6.07, 6.45) is 0.949. The van der Waals surface area contributed by atoms with Crippen molar-refractivity contribution in [3.05, 3.63) is 71.3 Å². The van der Waals surface area contributed by atoms with E-state index in [1.165, 1.54) is 11.1 Å². The van der Waals surface area contributed by atoms with Crippen LogP contribution in [0.5, 0.6) is 0 Å². The first-order valence-electron chi connectivity index (χ1n) is 8.45. The molecule has 0 aliphatic carbocycles. The van der Waals surface area contributed by atoms with E-state index >= 15 is 0 Å². The molecule has 2 aromatic carbocycles. The number of nitrogens with zero attached hydrogens (tertiary/aromatic N) is 3. The van der Waals surface area contributed by atoms with E-state index in [-0.39, 0.29) is 0 Å². The molecule has 0 spiro atoms. The van der Waals surface area contributed by atoms with Gasteiger partial charge in [0.1, 0.15) is 11.7 Å². The molecule has 0 saturated carbocycles. The number of para-hydroxylation sites is 1. The van der Waals surface area contributed by atoms with Crippen LogP contribution in [-0.4, -0.2) is 36.2 Å². The third-order valence-corrected chi connectivity index (χ3v) is 4.77. The highest BCUT2D eigenvalue weighted by atomic mass is 15.3. The van der Waals surface area contributed by atoms with Crippen LogP contribution in [0, 0.1) is 0 Å². The van der Waals surface area contributed by atoms with Crippen molar-refractivity contribution in [3.63, 3.8) is 0 Å². The summed E-state index contributed by atoms with van der Waals surface area (Å²) in [6, 6.07) is 18.9. The van der Waals surface area contributed by atoms with Gasteiger partial charge in [-0.2, -0.15) is 0 Å². The second-order valence-electron chi connectivity index (χ2n) is 6.21. The van der Waals surface area contributed by atoms with Crippen LogP contribution in [0.25, 0.3) is 5.70 Å². The van der Waals surface area contributed by atoms with Gasteiger partial charge in [-0.1, -0.05) is 48.5 Å². The van der Waals surface area contributed by atoms with E-state index in [0.717, 1.165) is 54.7 Å². The number of rotatable bonds is 1. The van der Waals surface area contributed by atoms with E-state index in [9.17, 15) is 0 Å². The number of fused-ring (bicyclic) bond motifs is 4. The Morgan fingerprint density at radius 1 is 0.917 bits per heavy atom. The Bertz CT molecular complexity index is 893. The quantitative estimate of drug-likeness (QED) is 0.876. The van der Waals surface area contributed by atoms with Crippen LogP contribution in [0.4, 0.5) is 5.69 Å². The molecule has 0 unspecified atom stereocenters. The lowest BCUT2D eigenvalue weighted by Crippen LogP contribution is -2.38. The van der Waals surface area contributed by atoms with Crippen LogP contribution >= 0.6 is 0 Å². The SMILES string of the molecule is c1ccc(C2=NC3=C(CCNc4ccccc43)C3=NCCN32)cc1. The summed E-state index contributed by atoms with van der Waals surface area (Å²) in [7, 11) is 0.